The molecule has 144 valence electrons. The average Bonchev–Trinajstić information content (AvgIpc) is 3.26. The molecule has 0 bridgehead atoms. The number of aromatic nitrogens is 3. The van der Waals surface area contributed by atoms with E-state index in [1.165, 1.54) is 6.26 Å². The molecular formula is C17H28N6O3. The van der Waals surface area contributed by atoms with Crippen LogP contribution in [0.3, 0.4) is 0 Å². The van der Waals surface area contributed by atoms with E-state index in [9.17, 15) is 5.11 Å². The third-order valence-corrected chi connectivity index (χ3v) is 4.03. The van der Waals surface area contributed by atoms with Gasteiger partial charge in [-0.25, -0.2) is 4.99 Å². The van der Waals surface area contributed by atoms with Crippen LogP contribution in [-0.4, -0.2) is 52.6 Å². The molecule has 0 spiro atoms. The van der Waals surface area contributed by atoms with Crippen LogP contribution in [0.4, 0.5) is 0 Å². The first kappa shape index (κ1) is 19.9. The molecule has 0 aliphatic carbocycles. The number of rotatable bonds is 9. The Labute approximate surface area is 153 Å². The first-order valence-corrected chi connectivity index (χ1v) is 8.56. The number of hydrogen-bond donors (Lipinski definition) is 3. The Morgan fingerprint density at radius 3 is 2.85 bits per heavy atom. The lowest BCUT2D eigenvalue weighted by Gasteiger charge is -2.23. The van der Waals surface area contributed by atoms with Crippen LogP contribution in [0.5, 0.6) is 0 Å². The maximum Gasteiger partial charge on any atom is 0.191 e. The van der Waals surface area contributed by atoms with Gasteiger partial charge in [-0.3, -0.25) is 0 Å². The summed E-state index contributed by atoms with van der Waals surface area (Å²) in [6.45, 7) is 5.55. The van der Waals surface area contributed by atoms with Crippen molar-refractivity contribution >= 4 is 5.96 Å². The second-order valence-electron chi connectivity index (χ2n) is 6.27. The number of nitrogens with zero attached hydrogens (tertiary/aromatic N) is 4. The fourth-order valence-electron chi connectivity index (χ4n) is 2.26. The number of ether oxygens (including phenoxy) is 1. The van der Waals surface area contributed by atoms with Gasteiger partial charge < -0.3 is 29.5 Å². The normalized spacial score (nSPS) is 14.3. The number of nitrogens with one attached hydrogen (secondary N) is 2. The van der Waals surface area contributed by atoms with Gasteiger partial charge in [0, 0.05) is 27.3 Å². The minimum Gasteiger partial charge on any atom is -0.466 e. The lowest BCUT2D eigenvalue weighted by molar-refractivity contribution is 0.0385. The molecule has 0 aliphatic heterocycles. The summed E-state index contributed by atoms with van der Waals surface area (Å²) in [4.78, 5) is 4.54. The predicted octanol–water partition coefficient (Wildman–Crippen LogP) is 0.696. The Morgan fingerprint density at radius 2 is 2.23 bits per heavy atom. The molecule has 1 atom stereocenters. The van der Waals surface area contributed by atoms with Crippen LogP contribution in [0, 0.1) is 6.92 Å². The molecule has 2 heterocycles. The number of furan rings is 1. The Balaban J connectivity index is 2.00. The van der Waals surface area contributed by atoms with Crippen LogP contribution < -0.4 is 10.6 Å². The second kappa shape index (κ2) is 9.35. The number of methoxy groups -OCH3 is 1. The summed E-state index contributed by atoms with van der Waals surface area (Å²) in [5.74, 6) is 2.66. The van der Waals surface area contributed by atoms with Crippen LogP contribution in [0.2, 0.25) is 0 Å². The first-order valence-electron chi connectivity index (χ1n) is 8.56. The van der Waals surface area contributed by atoms with Gasteiger partial charge >= 0.3 is 0 Å². The maximum absolute atomic E-state index is 10.6. The Kier molecular flexibility index (Phi) is 7.16. The van der Waals surface area contributed by atoms with Gasteiger partial charge in [0.1, 0.15) is 23.7 Å². The first-order chi connectivity index (χ1) is 12.4. The van der Waals surface area contributed by atoms with Gasteiger partial charge in [-0.1, -0.05) is 0 Å². The highest BCUT2D eigenvalue weighted by Gasteiger charge is 2.26. The summed E-state index contributed by atoms with van der Waals surface area (Å²) >= 11 is 0. The standard InChI is InChI=1S/C17H28N6O3/c1-13-21-22-15(23(13)3)11-19-16(18-8-6-9-25-4)20-12-17(2,24)14-7-5-10-26-14/h5,7,10,24H,6,8-9,11-12H2,1-4H3,(H2,18,19,20). The summed E-state index contributed by atoms with van der Waals surface area (Å²) in [7, 11) is 3.57. The molecule has 0 radical (unpaired) electrons. The highest BCUT2D eigenvalue weighted by Crippen LogP contribution is 2.19. The summed E-state index contributed by atoms with van der Waals surface area (Å²) in [6.07, 6.45) is 2.38. The van der Waals surface area contributed by atoms with Crippen molar-refractivity contribution in [1.82, 2.24) is 25.4 Å². The topological polar surface area (TPSA) is 110 Å². The SMILES string of the molecule is COCCCNC(=NCc1nnc(C)n1C)NCC(C)(O)c1ccco1. The molecule has 2 aromatic heterocycles. The third kappa shape index (κ3) is 5.57. The van der Waals surface area contributed by atoms with Gasteiger partial charge in [0.15, 0.2) is 11.8 Å². The van der Waals surface area contributed by atoms with Crippen molar-refractivity contribution in [1.29, 1.82) is 0 Å². The van der Waals surface area contributed by atoms with E-state index in [1.807, 2.05) is 18.5 Å². The number of aryl methyl sites for hydroxylation is 1. The van der Waals surface area contributed by atoms with Gasteiger partial charge in [-0.2, -0.15) is 0 Å². The molecule has 2 aromatic rings. The summed E-state index contributed by atoms with van der Waals surface area (Å²) in [6, 6.07) is 3.49. The number of guanidine groups is 1. The molecule has 3 N–H and O–H groups in total. The van der Waals surface area contributed by atoms with E-state index in [2.05, 4.69) is 25.8 Å². The van der Waals surface area contributed by atoms with Gasteiger partial charge in [-0.05, 0) is 32.4 Å². The van der Waals surface area contributed by atoms with Gasteiger partial charge in [0.05, 0.1) is 12.8 Å². The quantitative estimate of drug-likeness (QED) is 0.341. The smallest absolute Gasteiger partial charge is 0.191 e. The van der Waals surface area contributed by atoms with Crippen molar-refractivity contribution in [2.24, 2.45) is 12.0 Å². The lowest BCUT2D eigenvalue weighted by atomic mass is 10.0. The molecule has 0 aliphatic rings. The molecule has 0 saturated heterocycles. The molecule has 0 aromatic carbocycles. The van der Waals surface area contributed by atoms with Crippen molar-refractivity contribution < 1.29 is 14.3 Å². The van der Waals surface area contributed by atoms with E-state index in [4.69, 9.17) is 9.15 Å². The highest BCUT2D eigenvalue weighted by molar-refractivity contribution is 5.79. The van der Waals surface area contributed by atoms with Crippen molar-refractivity contribution in [2.75, 3.05) is 26.8 Å². The number of hydrogen-bond acceptors (Lipinski definition) is 6. The second-order valence-corrected chi connectivity index (χ2v) is 6.27. The fraction of sp³-hybridized carbons (Fsp3) is 0.588. The zero-order valence-electron chi connectivity index (χ0n) is 15.8. The van der Waals surface area contributed by atoms with Gasteiger partial charge in [-0.15, -0.1) is 10.2 Å². The monoisotopic (exact) mass is 364 g/mol. The van der Waals surface area contributed by atoms with E-state index in [1.54, 1.807) is 26.2 Å². The molecule has 1 unspecified atom stereocenters. The molecule has 0 amide bonds. The van der Waals surface area contributed by atoms with E-state index < -0.39 is 5.60 Å². The van der Waals surface area contributed by atoms with Crippen LogP contribution in [0.25, 0.3) is 0 Å². The maximum atomic E-state index is 10.6. The average molecular weight is 364 g/mol. The van der Waals surface area contributed by atoms with Crippen LogP contribution in [0.15, 0.2) is 27.8 Å². The van der Waals surface area contributed by atoms with E-state index in [0.29, 0.717) is 31.4 Å². The molecule has 0 fully saturated rings. The highest BCUT2D eigenvalue weighted by atomic mass is 16.5. The summed E-state index contributed by atoms with van der Waals surface area (Å²) in [5, 5.41) is 25.1. The van der Waals surface area contributed by atoms with Gasteiger partial charge in [0.25, 0.3) is 0 Å². The molecule has 26 heavy (non-hydrogen) atoms. The van der Waals surface area contributed by atoms with Crippen LogP contribution >= 0.6 is 0 Å². The minimum absolute atomic E-state index is 0.245. The Morgan fingerprint density at radius 1 is 1.42 bits per heavy atom. The minimum atomic E-state index is -1.15. The largest absolute Gasteiger partial charge is 0.466 e. The van der Waals surface area contributed by atoms with E-state index >= 15 is 0 Å². The molecular weight excluding hydrogens is 336 g/mol. The molecule has 9 nitrogen and oxygen atoms in total. The molecule has 0 saturated carbocycles. The van der Waals surface area contributed by atoms with Gasteiger partial charge in [0.2, 0.25) is 0 Å². The Hall–Kier alpha value is -2.39. The van der Waals surface area contributed by atoms with Crippen molar-refractivity contribution in [3.63, 3.8) is 0 Å². The van der Waals surface area contributed by atoms with Crippen molar-refractivity contribution in [3.05, 3.63) is 35.8 Å². The van der Waals surface area contributed by atoms with Crippen molar-refractivity contribution in [2.45, 2.75) is 32.4 Å². The Bertz CT molecular complexity index is 693. The summed E-state index contributed by atoms with van der Waals surface area (Å²) in [5.41, 5.74) is -1.15. The molecule has 2 rings (SSSR count). The zero-order chi connectivity index (χ0) is 19.0. The predicted molar refractivity (Wildman–Crippen MR) is 97.7 cm³/mol. The van der Waals surface area contributed by atoms with Crippen molar-refractivity contribution in [3.8, 4) is 0 Å². The zero-order valence-corrected chi connectivity index (χ0v) is 15.8. The van der Waals surface area contributed by atoms with E-state index in [-0.39, 0.29) is 6.54 Å². The fourth-order valence-corrected chi connectivity index (χ4v) is 2.26. The van der Waals surface area contributed by atoms with Crippen LogP contribution in [0.1, 0.15) is 30.8 Å². The molecule has 9 heteroatoms. The third-order valence-electron chi connectivity index (χ3n) is 4.03. The van der Waals surface area contributed by atoms with Crippen LogP contribution in [-0.2, 0) is 23.9 Å². The number of aliphatic hydroxyl groups is 1. The summed E-state index contributed by atoms with van der Waals surface area (Å²) < 4.78 is 12.3. The van der Waals surface area contributed by atoms with E-state index in [0.717, 1.165) is 18.1 Å². The number of aliphatic imine (C=N–C) groups is 1. The lowest BCUT2D eigenvalue weighted by Crippen LogP contribution is -2.44.